The summed E-state index contributed by atoms with van der Waals surface area (Å²) in [6, 6.07) is 2.74. The predicted molar refractivity (Wildman–Crippen MR) is 68.3 cm³/mol. The highest BCUT2D eigenvalue weighted by molar-refractivity contribution is 5.68. The van der Waals surface area contributed by atoms with Crippen molar-refractivity contribution in [2.45, 2.75) is 45.1 Å². The second kappa shape index (κ2) is 4.02. The van der Waals surface area contributed by atoms with Gasteiger partial charge >= 0.3 is 0 Å². The highest BCUT2D eigenvalue weighted by Crippen LogP contribution is 2.25. The second-order valence-electron chi connectivity index (χ2n) is 5.10. The van der Waals surface area contributed by atoms with Crippen LogP contribution in [-0.4, -0.2) is 20.6 Å². The Labute approximate surface area is 101 Å². The molecule has 2 heterocycles. The van der Waals surface area contributed by atoms with E-state index in [4.69, 9.17) is 0 Å². The Kier molecular flexibility index (Phi) is 2.50. The van der Waals surface area contributed by atoms with Crippen molar-refractivity contribution < 1.29 is 0 Å². The van der Waals surface area contributed by atoms with Crippen molar-refractivity contribution >= 4 is 11.3 Å². The topological polar surface area (TPSA) is 42.2 Å². The zero-order chi connectivity index (χ0) is 11.8. The Morgan fingerprint density at radius 3 is 2.88 bits per heavy atom. The number of aromatic nitrogens is 3. The van der Waals surface area contributed by atoms with Gasteiger partial charge < -0.3 is 5.32 Å². The first-order valence-corrected chi connectivity index (χ1v) is 6.35. The predicted octanol–water partition coefficient (Wildman–Crippen LogP) is 2.82. The molecule has 1 aliphatic carbocycles. The van der Waals surface area contributed by atoms with Crippen molar-refractivity contribution in [2.75, 3.05) is 5.32 Å². The number of nitrogens with one attached hydrogen (secondary N) is 1. The average Bonchev–Trinajstić information content (AvgIpc) is 2.67. The fourth-order valence-electron chi connectivity index (χ4n) is 2.08. The minimum atomic E-state index is 0.450. The average molecular weight is 230 g/mol. The lowest BCUT2D eigenvalue weighted by molar-refractivity contribution is 0.444. The van der Waals surface area contributed by atoms with Gasteiger partial charge in [0.05, 0.1) is 5.69 Å². The summed E-state index contributed by atoms with van der Waals surface area (Å²) in [5, 5.41) is 8.06. The normalized spacial score (nSPS) is 16.4. The van der Waals surface area contributed by atoms with E-state index in [0.717, 1.165) is 17.0 Å². The Morgan fingerprint density at radius 2 is 2.24 bits per heavy atom. The fourth-order valence-corrected chi connectivity index (χ4v) is 2.08. The molecule has 1 saturated carbocycles. The summed E-state index contributed by atoms with van der Waals surface area (Å²) in [4.78, 5) is 4.43. The lowest BCUT2D eigenvalue weighted by Crippen LogP contribution is -2.27. The van der Waals surface area contributed by atoms with Crippen molar-refractivity contribution in [3.63, 3.8) is 0 Å². The molecule has 1 N–H and O–H groups in total. The molecule has 0 spiro atoms. The number of fused-ring (bicyclic) bond motifs is 1. The van der Waals surface area contributed by atoms with Crippen LogP contribution in [0.3, 0.4) is 0 Å². The van der Waals surface area contributed by atoms with Gasteiger partial charge in [-0.05, 0) is 31.2 Å². The summed E-state index contributed by atoms with van der Waals surface area (Å²) in [6.07, 6.45) is 7.57. The van der Waals surface area contributed by atoms with E-state index in [9.17, 15) is 0 Å². The Balaban J connectivity index is 1.98. The van der Waals surface area contributed by atoms with E-state index in [0.29, 0.717) is 12.0 Å². The van der Waals surface area contributed by atoms with Gasteiger partial charge in [-0.25, -0.2) is 9.50 Å². The zero-order valence-corrected chi connectivity index (χ0v) is 10.3. The quantitative estimate of drug-likeness (QED) is 0.881. The molecule has 0 bridgehead atoms. The van der Waals surface area contributed by atoms with Gasteiger partial charge in [-0.2, -0.15) is 5.10 Å². The smallest absolute Gasteiger partial charge is 0.152 e. The standard InChI is InChI=1S/C13H18N4/c1-9(2)11-8-12-13(15-10-4-3-5-10)14-6-7-17(12)16-11/h6-10H,3-5H2,1-2H3,(H,14,15). The maximum absolute atomic E-state index is 4.56. The number of rotatable bonds is 3. The number of hydrogen-bond acceptors (Lipinski definition) is 3. The van der Waals surface area contributed by atoms with Crippen LogP contribution < -0.4 is 5.32 Å². The molecule has 0 amide bonds. The third-order valence-corrected chi connectivity index (χ3v) is 3.45. The first-order chi connectivity index (χ1) is 8.24. The molecule has 4 nitrogen and oxygen atoms in total. The summed E-state index contributed by atoms with van der Waals surface area (Å²) < 4.78 is 1.92. The van der Waals surface area contributed by atoms with Gasteiger partial charge in [0.2, 0.25) is 0 Å². The maximum atomic E-state index is 4.56. The monoisotopic (exact) mass is 230 g/mol. The molecule has 1 fully saturated rings. The minimum Gasteiger partial charge on any atom is -0.366 e. The van der Waals surface area contributed by atoms with Gasteiger partial charge in [0.15, 0.2) is 5.82 Å². The number of hydrogen-bond donors (Lipinski definition) is 1. The Morgan fingerprint density at radius 1 is 1.41 bits per heavy atom. The second-order valence-corrected chi connectivity index (χ2v) is 5.10. The van der Waals surface area contributed by atoms with Gasteiger partial charge in [-0.3, -0.25) is 0 Å². The largest absolute Gasteiger partial charge is 0.366 e. The van der Waals surface area contributed by atoms with E-state index in [1.54, 1.807) is 0 Å². The van der Waals surface area contributed by atoms with Crippen molar-refractivity contribution in [3.05, 3.63) is 24.2 Å². The summed E-state index contributed by atoms with van der Waals surface area (Å²) in [7, 11) is 0. The first-order valence-electron chi connectivity index (χ1n) is 6.35. The van der Waals surface area contributed by atoms with E-state index in [-0.39, 0.29) is 0 Å². The first kappa shape index (κ1) is 10.6. The van der Waals surface area contributed by atoms with Crippen LogP contribution >= 0.6 is 0 Å². The van der Waals surface area contributed by atoms with Crippen LogP contribution in [0.15, 0.2) is 18.5 Å². The molecule has 2 aromatic heterocycles. The summed E-state index contributed by atoms with van der Waals surface area (Å²) in [5.41, 5.74) is 2.21. The van der Waals surface area contributed by atoms with Crippen LogP contribution in [0.4, 0.5) is 5.82 Å². The van der Waals surface area contributed by atoms with E-state index in [2.05, 4.69) is 35.3 Å². The van der Waals surface area contributed by atoms with Crippen LogP contribution in [0.1, 0.15) is 44.7 Å². The van der Waals surface area contributed by atoms with Crippen molar-refractivity contribution in [3.8, 4) is 0 Å². The molecule has 0 saturated heterocycles. The van der Waals surface area contributed by atoms with Crippen LogP contribution in [0.25, 0.3) is 5.52 Å². The molecule has 2 aromatic rings. The minimum absolute atomic E-state index is 0.450. The lowest BCUT2D eigenvalue weighted by Gasteiger charge is -2.26. The van der Waals surface area contributed by atoms with Crippen molar-refractivity contribution in [1.82, 2.24) is 14.6 Å². The van der Waals surface area contributed by atoms with Crippen LogP contribution in [-0.2, 0) is 0 Å². The molecule has 0 atom stereocenters. The highest BCUT2D eigenvalue weighted by Gasteiger charge is 2.19. The SMILES string of the molecule is CC(C)c1cc2c(NC3CCC3)nccn2n1. The molecule has 1 aliphatic rings. The Bertz CT molecular complexity index is 525. The summed E-state index contributed by atoms with van der Waals surface area (Å²) in [5.74, 6) is 1.42. The van der Waals surface area contributed by atoms with E-state index in [1.165, 1.54) is 19.3 Å². The molecule has 4 heteroatoms. The van der Waals surface area contributed by atoms with Gasteiger partial charge in [-0.1, -0.05) is 13.8 Å². The van der Waals surface area contributed by atoms with E-state index >= 15 is 0 Å². The Hall–Kier alpha value is -1.58. The number of anilines is 1. The maximum Gasteiger partial charge on any atom is 0.152 e. The highest BCUT2D eigenvalue weighted by atomic mass is 15.2. The third kappa shape index (κ3) is 1.88. The number of nitrogens with zero attached hydrogens (tertiary/aromatic N) is 3. The zero-order valence-electron chi connectivity index (χ0n) is 10.3. The molecule has 0 aliphatic heterocycles. The third-order valence-electron chi connectivity index (χ3n) is 3.45. The fraction of sp³-hybridized carbons (Fsp3) is 0.538. The van der Waals surface area contributed by atoms with Gasteiger partial charge in [0.25, 0.3) is 0 Å². The molecule has 90 valence electrons. The molecule has 17 heavy (non-hydrogen) atoms. The molecular formula is C13H18N4. The molecular weight excluding hydrogens is 212 g/mol. The molecule has 0 aromatic carbocycles. The van der Waals surface area contributed by atoms with Crippen molar-refractivity contribution in [1.29, 1.82) is 0 Å². The van der Waals surface area contributed by atoms with Crippen LogP contribution in [0.2, 0.25) is 0 Å². The van der Waals surface area contributed by atoms with E-state index < -0.39 is 0 Å². The van der Waals surface area contributed by atoms with Gasteiger partial charge in [-0.15, -0.1) is 0 Å². The summed E-state index contributed by atoms with van der Waals surface area (Å²) in [6.45, 7) is 4.32. The van der Waals surface area contributed by atoms with Crippen LogP contribution in [0.5, 0.6) is 0 Å². The van der Waals surface area contributed by atoms with Gasteiger partial charge in [0.1, 0.15) is 5.52 Å². The molecule has 3 rings (SSSR count). The molecule has 0 radical (unpaired) electrons. The van der Waals surface area contributed by atoms with E-state index in [1.807, 2.05) is 16.9 Å². The summed E-state index contributed by atoms with van der Waals surface area (Å²) >= 11 is 0. The van der Waals surface area contributed by atoms with Crippen LogP contribution in [0, 0.1) is 0 Å². The lowest BCUT2D eigenvalue weighted by atomic mass is 9.93. The van der Waals surface area contributed by atoms with Gasteiger partial charge in [0, 0.05) is 18.4 Å². The molecule has 0 unspecified atom stereocenters. The van der Waals surface area contributed by atoms with Crippen molar-refractivity contribution in [2.24, 2.45) is 0 Å².